The lowest BCUT2D eigenvalue weighted by atomic mass is 10.1. The van der Waals surface area contributed by atoms with E-state index in [1.54, 1.807) is 10.6 Å². The molecule has 2 aromatic heterocycles. The van der Waals surface area contributed by atoms with Gasteiger partial charge in [-0.05, 0) is 43.7 Å². The van der Waals surface area contributed by atoms with Gasteiger partial charge in [0.1, 0.15) is 5.65 Å². The second-order valence-electron chi connectivity index (χ2n) is 6.26. The molecule has 0 aliphatic rings. The highest BCUT2D eigenvalue weighted by Crippen LogP contribution is 2.18. The van der Waals surface area contributed by atoms with Gasteiger partial charge < -0.3 is 5.32 Å². The molecule has 1 aromatic carbocycles. The van der Waals surface area contributed by atoms with Crippen LogP contribution in [-0.2, 0) is 9.59 Å². The zero-order valence-corrected chi connectivity index (χ0v) is 16.2. The largest absolute Gasteiger partial charge is 0.376 e. The summed E-state index contributed by atoms with van der Waals surface area (Å²) in [4.78, 5) is 28.1. The number of halogens is 1. The van der Waals surface area contributed by atoms with Crippen molar-refractivity contribution in [1.29, 1.82) is 0 Å². The van der Waals surface area contributed by atoms with Crippen LogP contribution in [0.3, 0.4) is 0 Å². The van der Waals surface area contributed by atoms with Gasteiger partial charge in [-0.1, -0.05) is 35.4 Å². The third-order valence-electron chi connectivity index (χ3n) is 4.06. The number of aryl methyl sites for hydroxylation is 2. The third-order valence-corrected chi connectivity index (χ3v) is 4.34. The summed E-state index contributed by atoms with van der Waals surface area (Å²) < 4.78 is 1.76. The maximum Gasteiger partial charge on any atom is 0.262 e. The molecule has 0 saturated carbocycles. The first kappa shape index (κ1) is 19.4. The van der Waals surface area contributed by atoms with Crippen LogP contribution >= 0.6 is 11.6 Å². The van der Waals surface area contributed by atoms with Crippen molar-refractivity contribution in [3.8, 4) is 0 Å². The average molecular weight is 398 g/mol. The van der Waals surface area contributed by atoms with Crippen LogP contribution in [0.25, 0.3) is 11.7 Å². The Morgan fingerprint density at radius 1 is 1.18 bits per heavy atom. The molecule has 28 heavy (non-hydrogen) atoms. The molecule has 0 bridgehead atoms. The highest BCUT2D eigenvalue weighted by molar-refractivity contribution is 6.31. The number of nitrogens with one attached hydrogen (secondary N) is 3. The van der Waals surface area contributed by atoms with Crippen molar-refractivity contribution in [1.82, 2.24) is 20.2 Å². The van der Waals surface area contributed by atoms with Gasteiger partial charge in [0.2, 0.25) is 0 Å². The molecule has 3 N–H and O–H groups in total. The van der Waals surface area contributed by atoms with E-state index in [-0.39, 0.29) is 17.6 Å². The summed E-state index contributed by atoms with van der Waals surface area (Å²) in [7, 11) is 0. The second kappa shape index (κ2) is 8.58. The van der Waals surface area contributed by atoms with Crippen LogP contribution in [0.15, 0.2) is 48.7 Å². The Kier molecular flexibility index (Phi) is 5.96. The van der Waals surface area contributed by atoms with Crippen LogP contribution in [0, 0.1) is 13.8 Å². The zero-order chi connectivity index (χ0) is 20.1. The smallest absolute Gasteiger partial charge is 0.262 e. The first-order chi connectivity index (χ1) is 13.4. The minimum atomic E-state index is -0.484. The summed E-state index contributed by atoms with van der Waals surface area (Å²) in [5, 5.41) is 3.32. The topological polar surface area (TPSA) is 87.5 Å². The number of imidazole rings is 1. The third kappa shape index (κ3) is 4.69. The Morgan fingerprint density at radius 2 is 2.00 bits per heavy atom. The highest BCUT2D eigenvalue weighted by Gasteiger charge is 2.08. The van der Waals surface area contributed by atoms with Gasteiger partial charge in [0.25, 0.3) is 11.8 Å². The van der Waals surface area contributed by atoms with E-state index in [1.165, 1.54) is 12.2 Å². The summed E-state index contributed by atoms with van der Waals surface area (Å²) >= 11 is 6.11. The van der Waals surface area contributed by atoms with Gasteiger partial charge in [-0.3, -0.25) is 24.8 Å². The standard InChI is InChI=1S/C20H20ClN5O2/c1-13-6-7-15(14(2)11-13)22-12-19(28)25-24-18(27)9-8-16-20(21)23-17-5-3-4-10-26(16)17/h3-11,22H,12H2,1-2H3,(H,24,27)(H,25,28)/b9-8+. The number of carbonyl (C=O) groups is 2. The number of nitrogens with zero attached hydrogens (tertiary/aromatic N) is 2. The molecule has 0 atom stereocenters. The summed E-state index contributed by atoms with van der Waals surface area (Å²) in [6.45, 7) is 4.00. The van der Waals surface area contributed by atoms with Gasteiger partial charge in [-0.2, -0.15) is 0 Å². The summed E-state index contributed by atoms with van der Waals surface area (Å²) in [5.74, 6) is -0.851. The molecule has 0 unspecified atom stereocenters. The maximum absolute atomic E-state index is 12.0. The van der Waals surface area contributed by atoms with Gasteiger partial charge in [-0.25, -0.2) is 4.98 Å². The number of fused-ring (bicyclic) bond motifs is 1. The summed E-state index contributed by atoms with van der Waals surface area (Å²) in [6, 6.07) is 11.4. The van der Waals surface area contributed by atoms with Crippen molar-refractivity contribution in [2.45, 2.75) is 13.8 Å². The zero-order valence-electron chi connectivity index (χ0n) is 15.5. The quantitative estimate of drug-likeness (QED) is 0.456. The minimum absolute atomic E-state index is 0.0347. The Bertz CT molecular complexity index is 1060. The molecule has 0 saturated heterocycles. The monoisotopic (exact) mass is 397 g/mol. The Balaban J connectivity index is 1.51. The van der Waals surface area contributed by atoms with Gasteiger partial charge in [0.15, 0.2) is 5.15 Å². The number of carbonyl (C=O) groups excluding carboxylic acids is 2. The molecule has 0 spiro atoms. The molecule has 0 fully saturated rings. The van der Waals surface area contributed by atoms with Gasteiger partial charge in [0, 0.05) is 18.0 Å². The van der Waals surface area contributed by atoms with E-state index in [9.17, 15) is 9.59 Å². The molecule has 2 heterocycles. The van der Waals surface area contributed by atoms with Crippen molar-refractivity contribution in [2.75, 3.05) is 11.9 Å². The minimum Gasteiger partial charge on any atom is -0.376 e. The number of hydrogen-bond acceptors (Lipinski definition) is 4. The molecule has 0 radical (unpaired) electrons. The van der Waals surface area contributed by atoms with Crippen molar-refractivity contribution in [3.05, 3.63) is 70.6 Å². The van der Waals surface area contributed by atoms with Crippen molar-refractivity contribution in [2.24, 2.45) is 0 Å². The van der Waals surface area contributed by atoms with Crippen molar-refractivity contribution in [3.63, 3.8) is 0 Å². The van der Waals surface area contributed by atoms with E-state index in [4.69, 9.17) is 11.6 Å². The summed E-state index contributed by atoms with van der Waals surface area (Å²) in [5.41, 5.74) is 9.02. The fourth-order valence-corrected chi connectivity index (χ4v) is 2.94. The van der Waals surface area contributed by atoms with Crippen LogP contribution in [0.4, 0.5) is 5.69 Å². The van der Waals surface area contributed by atoms with Crippen LogP contribution in [0.5, 0.6) is 0 Å². The number of hydrogen-bond donors (Lipinski definition) is 3. The highest BCUT2D eigenvalue weighted by atomic mass is 35.5. The molecule has 0 aliphatic heterocycles. The van der Waals surface area contributed by atoms with Crippen LogP contribution in [0.2, 0.25) is 5.15 Å². The lowest BCUT2D eigenvalue weighted by Gasteiger charge is -2.10. The Morgan fingerprint density at radius 3 is 2.79 bits per heavy atom. The van der Waals surface area contributed by atoms with Crippen LogP contribution in [0.1, 0.15) is 16.8 Å². The second-order valence-corrected chi connectivity index (χ2v) is 6.62. The number of benzene rings is 1. The molecule has 3 aromatic rings. The lowest BCUT2D eigenvalue weighted by molar-refractivity contribution is -0.125. The Labute approximate surface area is 167 Å². The normalized spacial score (nSPS) is 11.0. The number of rotatable bonds is 5. The van der Waals surface area contributed by atoms with Crippen LogP contribution < -0.4 is 16.2 Å². The van der Waals surface area contributed by atoms with Crippen LogP contribution in [-0.4, -0.2) is 27.7 Å². The van der Waals surface area contributed by atoms with Gasteiger partial charge >= 0.3 is 0 Å². The van der Waals surface area contributed by atoms with Gasteiger partial charge in [-0.15, -0.1) is 0 Å². The SMILES string of the molecule is Cc1ccc(NCC(=O)NNC(=O)/C=C/c2c(Cl)nc3ccccn23)c(C)c1. The van der Waals surface area contributed by atoms with E-state index in [0.29, 0.717) is 11.3 Å². The molecule has 8 heteroatoms. The molecule has 144 valence electrons. The van der Waals surface area contributed by atoms with E-state index >= 15 is 0 Å². The first-order valence-corrected chi connectivity index (χ1v) is 9.02. The number of aromatic nitrogens is 2. The molecule has 2 amide bonds. The van der Waals surface area contributed by atoms with Gasteiger partial charge in [0.05, 0.1) is 12.2 Å². The molecular weight excluding hydrogens is 378 g/mol. The predicted octanol–water partition coefficient (Wildman–Crippen LogP) is 2.88. The van der Waals surface area contributed by atoms with E-state index < -0.39 is 5.91 Å². The fourth-order valence-electron chi connectivity index (χ4n) is 2.69. The Hall–Kier alpha value is -3.32. The van der Waals surface area contributed by atoms with Crippen molar-refractivity contribution >= 4 is 40.8 Å². The average Bonchev–Trinajstić information content (AvgIpc) is 2.99. The lowest BCUT2D eigenvalue weighted by Crippen LogP contribution is -2.43. The predicted molar refractivity (Wildman–Crippen MR) is 110 cm³/mol. The van der Waals surface area contributed by atoms with E-state index in [2.05, 4.69) is 21.2 Å². The van der Waals surface area contributed by atoms with Crippen molar-refractivity contribution < 1.29 is 9.59 Å². The maximum atomic E-state index is 12.0. The molecular formula is C20H20ClN5O2. The number of pyridine rings is 1. The number of hydrazine groups is 1. The molecule has 0 aliphatic carbocycles. The molecule has 7 nitrogen and oxygen atoms in total. The molecule has 3 rings (SSSR count). The summed E-state index contributed by atoms with van der Waals surface area (Å²) in [6.07, 6.45) is 4.62. The van der Waals surface area contributed by atoms with E-state index in [0.717, 1.165) is 16.8 Å². The van der Waals surface area contributed by atoms with E-state index in [1.807, 2.05) is 50.2 Å². The first-order valence-electron chi connectivity index (χ1n) is 8.64. The number of amides is 2. The number of anilines is 1. The fraction of sp³-hybridized carbons (Fsp3) is 0.150.